The molecular formula is C17H32N4. The van der Waals surface area contributed by atoms with Crippen molar-refractivity contribution in [3.8, 4) is 0 Å². The van der Waals surface area contributed by atoms with Crippen LogP contribution in [0.5, 0.6) is 0 Å². The van der Waals surface area contributed by atoms with Crippen LogP contribution in [-0.2, 0) is 6.54 Å². The van der Waals surface area contributed by atoms with Gasteiger partial charge in [-0.3, -0.25) is 9.58 Å². The molecule has 0 bridgehead atoms. The lowest BCUT2D eigenvalue weighted by Crippen LogP contribution is -2.37. The average molecular weight is 292 g/mol. The zero-order valence-corrected chi connectivity index (χ0v) is 14.0. The highest BCUT2D eigenvalue weighted by molar-refractivity contribution is 5.00. The van der Waals surface area contributed by atoms with Crippen molar-refractivity contribution in [2.24, 2.45) is 5.92 Å². The SMILES string of the molecule is CCCNCC1CCN(Cc2ccn(C(C)CC)n2)CC1. The molecule has 1 unspecified atom stereocenters. The minimum atomic E-state index is 0.508. The normalized spacial score (nSPS) is 19.0. The monoisotopic (exact) mass is 292 g/mol. The number of likely N-dealkylation sites (tertiary alicyclic amines) is 1. The van der Waals surface area contributed by atoms with Gasteiger partial charge in [0.25, 0.3) is 0 Å². The lowest BCUT2D eigenvalue weighted by molar-refractivity contribution is 0.173. The molecule has 2 rings (SSSR count). The third kappa shape index (κ3) is 5.11. The third-order valence-corrected chi connectivity index (χ3v) is 4.66. The van der Waals surface area contributed by atoms with Gasteiger partial charge < -0.3 is 5.32 Å². The van der Waals surface area contributed by atoms with Gasteiger partial charge in [-0.2, -0.15) is 5.10 Å². The first-order chi connectivity index (χ1) is 10.2. The molecule has 1 atom stereocenters. The Bertz CT molecular complexity index is 393. The summed E-state index contributed by atoms with van der Waals surface area (Å²) in [6.07, 6.45) is 7.14. The summed E-state index contributed by atoms with van der Waals surface area (Å²) in [4.78, 5) is 2.56. The maximum absolute atomic E-state index is 4.72. The van der Waals surface area contributed by atoms with E-state index in [9.17, 15) is 0 Å². The molecule has 1 fully saturated rings. The molecule has 1 aliphatic heterocycles. The fourth-order valence-corrected chi connectivity index (χ4v) is 2.95. The lowest BCUT2D eigenvalue weighted by Gasteiger charge is -2.31. The van der Waals surface area contributed by atoms with E-state index < -0.39 is 0 Å². The van der Waals surface area contributed by atoms with Gasteiger partial charge in [0.15, 0.2) is 0 Å². The lowest BCUT2D eigenvalue weighted by atomic mass is 9.96. The molecular weight excluding hydrogens is 260 g/mol. The first-order valence-corrected chi connectivity index (χ1v) is 8.70. The molecule has 4 nitrogen and oxygen atoms in total. The molecule has 2 heterocycles. The molecule has 1 N–H and O–H groups in total. The smallest absolute Gasteiger partial charge is 0.0764 e. The van der Waals surface area contributed by atoms with Crippen LogP contribution in [0.3, 0.4) is 0 Å². The van der Waals surface area contributed by atoms with Crippen LogP contribution < -0.4 is 5.32 Å². The number of rotatable bonds is 8. The summed E-state index contributed by atoms with van der Waals surface area (Å²) >= 11 is 0. The van der Waals surface area contributed by atoms with Crippen molar-refractivity contribution in [2.45, 2.75) is 59.0 Å². The van der Waals surface area contributed by atoms with Crippen LogP contribution in [0.25, 0.3) is 0 Å². The van der Waals surface area contributed by atoms with Crippen LogP contribution in [0.15, 0.2) is 12.3 Å². The Hall–Kier alpha value is -0.870. The van der Waals surface area contributed by atoms with Gasteiger partial charge in [0.05, 0.1) is 5.69 Å². The highest BCUT2D eigenvalue weighted by Crippen LogP contribution is 2.18. The standard InChI is InChI=1S/C17H32N4/c1-4-9-18-13-16-6-10-20(11-7-16)14-17-8-12-21(19-17)15(3)5-2/h8,12,15-16,18H,4-7,9-11,13-14H2,1-3H3. The fourth-order valence-electron chi connectivity index (χ4n) is 2.95. The predicted molar refractivity (Wildman–Crippen MR) is 88.4 cm³/mol. The molecule has 1 aromatic rings. The summed E-state index contributed by atoms with van der Waals surface area (Å²) in [7, 11) is 0. The van der Waals surface area contributed by atoms with E-state index in [0.717, 1.165) is 25.4 Å². The second-order valence-corrected chi connectivity index (χ2v) is 6.47. The molecule has 1 aromatic heterocycles. The van der Waals surface area contributed by atoms with Crippen molar-refractivity contribution >= 4 is 0 Å². The van der Waals surface area contributed by atoms with Gasteiger partial charge in [-0.1, -0.05) is 13.8 Å². The number of nitrogens with one attached hydrogen (secondary N) is 1. The summed E-state index contributed by atoms with van der Waals surface area (Å²) in [6, 6.07) is 2.69. The van der Waals surface area contributed by atoms with Crippen molar-refractivity contribution in [3.63, 3.8) is 0 Å². The topological polar surface area (TPSA) is 33.1 Å². The highest BCUT2D eigenvalue weighted by Gasteiger charge is 2.19. The van der Waals surface area contributed by atoms with Crippen LogP contribution in [-0.4, -0.2) is 40.9 Å². The molecule has 4 heteroatoms. The van der Waals surface area contributed by atoms with Crippen molar-refractivity contribution in [1.29, 1.82) is 0 Å². The molecule has 1 aliphatic rings. The van der Waals surface area contributed by atoms with E-state index in [1.54, 1.807) is 0 Å². The molecule has 21 heavy (non-hydrogen) atoms. The predicted octanol–water partition coefficient (Wildman–Crippen LogP) is 3.07. The minimum Gasteiger partial charge on any atom is -0.316 e. The van der Waals surface area contributed by atoms with E-state index >= 15 is 0 Å². The van der Waals surface area contributed by atoms with E-state index in [-0.39, 0.29) is 0 Å². The van der Waals surface area contributed by atoms with E-state index in [2.05, 4.69) is 47.9 Å². The summed E-state index contributed by atoms with van der Waals surface area (Å²) in [5.41, 5.74) is 1.22. The Morgan fingerprint density at radius 3 is 2.76 bits per heavy atom. The van der Waals surface area contributed by atoms with Gasteiger partial charge in [0.2, 0.25) is 0 Å². The largest absolute Gasteiger partial charge is 0.316 e. The van der Waals surface area contributed by atoms with E-state index in [1.165, 1.54) is 44.6 Å². The number of nitrogens with zero attached hydrogens (tertiary/aromatic N) is 3. The molecule has 0 spiro atoms. The Labute approximate surface area is 129 Å². The quantitative estimate of drug-likeness (QED) is 0.748. The summed E-state index contributed by atoms with van der Waals surface area (Å²) < 4.78 is 2.11. The Kier molecular flexibility index (Phi) is 6.71. The first-order valence-electron chi connectivity index (χ1n) is 8.70. The zero-order chi connectivity index (χ0) is 15.1. The van der Waals surface area contributed by atoms with Crippen molar-refractivity contribution < 1.29 is 0 Å². The highest BCUT2D eigenvalue weighted by atomic mass is 15.3. The number of aromatic nitrogens is 2. The molecule has 0 aromatic carbocycles. The molecule has 0 saturated carbocycles. The third-order valence-electron chi connectivity index (χ3n) is 4.66. The summed E-state index contributed by atoms with van der Waals surface area (Å²) in [5, 5.41) is 8.27. The van der Waals surface area contributed by atoms with Gasteiger partial charge in [-0.15, -0.1) is 0 Å². The zero-order valence-electron chi connectivity index (χ0n) is 14.0. The Morgan fingerprint density at radius 1 is 1.33 bits per heavy atom. The van der Waals surface area contributed by atoms with Gasteiger partial charge >= 0.3 is 0 Å². The van der Waals surface area contributed by atoms with Crippen LogP contribution >= 0.6 is 0 Å². The first kappa shape index (κ1) is 16.5. The van der Waals surface area contributed by atoms with Crippen LogP contribution in [0.4, 0.5) is 0 Å². The van der Waals surface area contributed by atoms with E-state index in [4.69, 9.17) is 5.10 Å². The molecule has 0 amide bonds. The maximum Gasteiger partial charge on any atom is 0.0764 e. The van der Waals surface area contributed by atoms with Crippen molar-refractivity contribution in [2.75, 3.05) is 26.2 Å². The average Bonchev–Trinajstić information content (AvgIpc) is 2.97. The van der Waals surface area contributed by atoms with Crippen molar-refractivity contribution in [1.82, 2.24) is 20.0 Å². The fraction of sp³-hybridized carbons (Fsp3) is 0.824. The molecule has 1 saturated heterocycles. The molecule has 120 valence electrons. The number of hydrogen-bond donors (Lipinski definition) is 1. The number of piperidine rings is 1. The molecule has 0 aliphatic carbocycles. The van der Waals surface area contributed by atoms with Crippen LogP contribution in [0.1, 0.15) is 58.2 Å². The maximum atomic E-state index is 4.72. The van der Waals surface area contributed by atoms with E-state index in [0.29, 0.717) is 6.04 Å². The van der Waals surface area contributed by atoms with Crippen LogP contribution in [0, 0.1) is 5.92 Å². The van der Waals surface area contributed by atoms with E-state index in [1.807, 2.05) is 0 Å². The van der Waals surface area contributed by atoms with Gasteiger partial charge in [0, 0.05) is 18.8 Å². The Balaban J connectivity index is 1.72. The molecule has 0 radical (unpaired) electrons. The number of hydrogen-bond acceptors (Lipinski definition) is 3. The Morgan fingerprint density at radius 2 is 2.10 bits per heavy atom. The second-order valence-electron chi connectivity index (χ2n) is 6.47. The second kappa shape index (κ2) is 8.54. The summed E-state index contributed by atoms with van der Waals surface area (Å²) in [6.45, 7) is 12.5. The van der Waals surface area contributed by atoms with Gasteiger partial charge in [0.1, 0.15) is 0 Å². The summed E-state index contributed by atoms with van der Waals surface area (Å²) in [5.74, 6) is 0.866. The van der Waals surface area contributed by atoms with Crippen molar-refractivity contribution in [3.05, 3.63) is 18.0 Å². The van der Waals surface area contributed by atoms with Gasteiger partial charge in [-0.25, -0.2) is 0 Å². The minimum absolute atomic E-state index is 0.508. The van der Waals surface area contributed by atoms with Crippen LogP contribution in [0.2, 0.25) is 0 Å². The van der Waals surface area contributed by atoms with Gasteiger partial charge in [-0.05, 0) is 70.8 Å².